The molecule has 8 heteroatoms. The second kappa shape index (κ2) is 10.1. The second-order valence-corrected chi connectivity index (χ2v) is 9.45. The smallest absolute Gasteiger partial charge is 0.230 e. The molecule has 31 heavy (non-hydrogen) atoms. The van der Waals surface area contributed by atoms with Crippen molar-refractivity contribution < 1.29 is 4.79 Å². The molecule has 1 aliphatic heterocycles. The minimum absolute atomic E-state index is 0.141. The van der Waals surface area contributed by atoms with E-state index in [1.807, 2.05) is 5.38 Å². The molecule has 1 aliphatic rings. The maximum atomic E-state index is 12.3. The molecule has 1 saturated heterocycles. The third-order valence-electron chi connectivity index (χ3n) is 5.30. The van der Waals surface area contributed by atoms with Crippen LogP contribution in [-0.4, -0.2) is 53.9 Å². The Morgan fingerprint density at radius 3 is 2.52 bits per heavy atom. The van der Waals surface area contributed by atoms with Crippen LogP contribution in [0.5, 0.6) is 0 Å². The van der Waals surface area contributed by atoms with Crippen molar-refractivity contribution in [3.05, 3.63) is 69.1 Å². The van der Waals surface area contributed by atoms with Gasteiger partial charge in [0.25, 0.3) is 0 Å². The number of halogens is 2. The lowest BCUT2D eigenvalue weighted by Gasteiger charge is -2.32. The number of nitrogens with one attached hydrogen (secondary N) is 1. The molecule has 1 N–H and O–H groups in total. The first-order valence-corrected chi connectivity index (χ1v) is 11.8. The number of carbonyl (C=O) groups excluding carboxylic acids is 1. The van der Waals surface area contributed by atoms with E-state index < -0.39 is 0 Å². The van der Waals surface area contributed by atoms with Gasteiger partial charge in [-0.2, -0.15) is 0 Å². The number of carbonyl (C=O) groups is 1. The lowest BCUT2D eigenvalue weighted by molar-refractivity contribution is -0.115. The summed E-state index contributed by atoms with van der Waals surface area (Å²) in [5.41, 5.74) is 3.75. The Kier molecular flexibility index (Phi) is 7.25. The van der Waals surface area contributed by atoms with Gasteiger partial charge >= 0.3 is 0 Å². The SMILES string of the molecule is CN1CCN(Cc2ccc(-c3nc(CC(=O)Nc4ccc(Cl)c(Cl)c4)cs3)cc2)CC1. The molecule has 2 aromatic carbocycles. The summed E-state index contributed by atoms with van der Waals surface area (Å²) < 4.78 is 0. The monoisotopic (exact) mass is 474 g/mol. The first-order chi connectivity index (χ1) is 15.0. The van der Waals surface area contributed by atoms with Gasteiger partial charge in [0.15, 0.2) is 0 Å². The van der Waals surface area contributed by atoms with Crippen LogP contribution in [0.25, 0.3) is 10.6 Å². The Hall–Kier alpha value is -1.96. The number of benzene rings is 2. The molecule has 0 aliphatic carbocycles. The van der Waals surface area contributed by atoms with Crippen LogP contribution in [0.2, 0.25) is 10.0 Å². The number of hydrogen-bond acceptors (Lipinski definition) is 5. The van der Waals surface area contributed by atoms with E-state index in [4.69, 9.17) is 23.2 Å². The first kappa shape index (κ1) is 22.2. The highest BCUT2D eigenvalue weighted by molar-refractivity contribution is 7.13. The van der Waals surface area contributed by atoms with Crippen molar-refractivity contribution in [1.82, 2.24) is 14.8 Å². The zero-order valence-corrected chi connectivity index (χ0v) is 19.6. The molecule has 3 aromatic rings. The summed E-state index contributed by atoms with van der Waals surface area (Å²) in [5.74, 6) is -0.141. The number of hydrogen-bond donors (Lipinski definition) is 1. The number of amides is 1. The fourth-order valence-electron chi connectivity index (χ4n) is 3.48. The van der Waals surface area contributed by atoms with E-state index in [0.717, 1.165) is 49.0 Å². The van der Waals surface area contributed by atoms with Crippen molar-refractivity contribution in [2.75, 3.05) is 38.5 Å². The molecule has 0 radical (unpaired) electrons. The van der Waals surface area contributed by atoms with Crippen LogP contribution in [-0.2, 0) is 17.8 Å². The Labute approximate surface area is 196 Å². The Balaban J connectivity index is 1.33. The average molecular weight is 475 g/mol. The second-order valence-electron chi connectivity index (χ2n) is 7.77. The van der Waals surface area contributed by atoms with Crippen LogP contribution < -0.4 is 5.32 Å². The lowest BCUT2D eigenvalue weighted by atomic mass is 10.1. The van der Waals surface area contributed by atoms with Gasteiger partial charge in [-0.15, -0.1) is 11.3 Å². The zero-order valence-electron chi connectivity index (χ0n) is 17.3. The first-order valence-electron chi connectivity index (χ1n) is 10.2. The van der Waals surface area contributed by atoms with Crippen molar-refractivity contribution in [1.29, 1.82) is 0 Å². The van der Waals surface area contributed by atoms with Gasteiger partial charge in [0.1, 0.15) is 5.01 Å². The molecule has 5 nitrogen and oxygen atoms in total. The molecular weight excluding hydrogens is 451 g/mol. The van der Waals surface area contributed by atoms with E-state index in [9.17, 15) is 4.79 Å². The minimum Gasteiger partial charge on any atom is -0.326 e. The molecule has 0 saturated carbocycles. The Bertz CT molecular complexity index is 1050. The highest BCUT2D eigenvalue weighted by Gasteiger charge is 2.14. The topological polar surface area (TPSA) is 48.5 Å². The van der Waals surface area contributed by atoms with Gasteiger partial charge in [-0.1, -0.05) is 47.5 Å². The van der Waals surface area contributed by atoms with Crippen molar-refractivity contribution in [2.45, 2.75) is 13.0 Å². The summed E-state index contributed by atoms with van der Waals surface area (Å²) in [5, 5.41) is 6.55. The van der Waals surface area contributed by atoms with Crippen LogP contribution in [0.1, 0.15) is 11.3 Å². The fourth-order valence-corrected chi connectivity index (χ4v) is 4.61. The van der Waals surface area contributed by atoms with Crippen LogP contribution in [0, 0.1) is 0 Å². The number of piperazine rings is 1. The van der Waals surface area contributed by atoms with Gasteiger partial charge in [-0.25, -0.2) is 4.98 Å². The summed E-state index contributed by atoms with van der Waals surface area (Å²) in [6.45, 7) is 5.44. The number of aromatic nitrogens is 1. The third-order valence-corrected chi connectivity index (χ3v) is 6.98. The van der Waals surface area contributed by atoms with E-state index >= 15 is 0 Å². The van der Waals surface area contributed by atoms with E-state index in [-0.39, 0.29) is 12.3 Å². The molecule has 1 amide bonds. The van der Waals surface area contributed by atoms with E-state index in [0.29, 0.717) is 15.7 Å². The van der Waals surface area contributed by atoms with Crippen molar-refractivity contribution in [3.63, 3.8) is 0 Å². The van der Waals surface area contributed by atoms with Gasteiger partial charge < -0.3 is 10.2 Å². The molecule has 1 fully saturated rings. The third kappa shape index (κ3) is 6.05. The maximum Gasteiger partial charge on any atom is 0.230 e. The molecule has 2 heterocycles. The summed E-state index contributed by atoms with van der Waals surface area (Å²) in [6.07, 6.45) is 0.207. The van der Waals surface area contributed by atoms with Crippen LogP contribution in [0.15, 0.2) is 47.8 Å². The van der Waals surface area contributed by atoms with Crippen LogP contribution >= 0.6 is 34.5 Å². The van der Waals surface area contributed by atoms with Crippen LogP contribution in [0.4, 0.5) is 5.69 Å². The lowest BCUT2D eigenvalue weighted by Crippen LogP contribution is -2.43. The number of rotatable bonds is 6. The van der Waals surface area contributed by atoms with E-state index in [2.05, 4.69) is 51.4 Å². The highest BCUT2D eigenvalue weighted by atomic mass is 35.5. The van der Waals surface area contributed by atoms with Crippen molar-refractivity contribution in [2.24, 2.45) is 0 Å². The number of nitrogens with zero attached hydrogens (tertiary/aromatic N) is 3. The van der Waals surface area contributed by atoms with Gasteiger partial charge in [-0.05, 0) is 30.8 Å². The predicted molar refractivity (Wildman–Crippen MR) is 129 cm³/mol. The van der Waals surface area contributed by atoms with Gasteiger partial charge in [0, 0.05) is 49.4 Å². The summed E-state index contributed by atoms with van der Waals surface area (Å²) in [7, 11) is 2.17. The van der Waals surface area contributed by atoms with Crippen molar-refractivity contribution in [3.8, 4) is 10.6 Å². The molecule has 0 unspecified atom stereocenters. The van der Waals surface area contributed by atoms with Crippen LogP contribution in [0.3, 0.4) is 0 Å². The summed E-state index contributed by atoms with van der Waals surface area (Å²) >= 11 is 13.5. The van der Waals surface area contributed by atoms with Crippen molar-refractivity contribution >= 4 is 46.1 Å². The Morgan fingerprint density at radius 1 is 1.06 bits per heavy atom. The summed E-state index contributed by atoms with van der Waals surface area (Å²) in [4.78, 5) is 21.8. The highest BCUT2D eigenvalue weighted by Crippen LogP contribution is 2.26. The van der Waals surface area contributed by atoms with Gasteiger partial charge in [0.2, 0.25) is 5.91 Å². The molecule has 162 valence electrons. The Morgan fingerprint density at radius 2 is 1.81 bits per heavy atom. The summed E-state index contributed by atoms with van der Waals surface area (Å²) in [6, 6.07) is 13.6. The molecular formula is C23H24Cl2N4OS. The van der Waals surface area contributed by atoms with Gasteiger partial charge in [0.05, 0.1) is 22.2 Å². The molecule has 0 spiro atoms. The molecule has 0 bridgehead atoms. The average Bonchev–Trinajstić information content (AvgIpc) is 3.21. The fraction of sp³-hybridized carbons (Fsp3) is 0.304. The quantitative estimate of drug-likeness (QED) is 0.543. The number of likely N-dealkylation sites (N-methyl/N-ethyl adjacent to an activating group) is 1. The number of thiazole rings is 1. The normalized spacial score (nSPS) is 15.2. The molecule has 0 atom stereocenters. The minimum atomic E-state index is -0.141. The number of anilines is 1. The molecule has 1 aromatic heterocycles. The largest absolute Gasteiger partial charge is 0.326 e. The van der Waals surface area contributed by atoms with Gasteiger partial charge in [-0.3, -0.25) is 9.69 Å². The predicted octanol–water partition coefficient (Wildman–Crippen LogP) is 5.05. The maximum absolute atomic E-state index is 12.3. The van der Waals surface area contributed by atoms with E-state index in [1.165, 1.54) is 5.56 Å². The standard InChI is InChI=1S/C23H24Cl2N4OS/c1-28-8-10-29(11-9-28)14-16-2-4-17(5-3-16)23-27-19(15-31-23)13-22(30)26-18-6-7-20(24)21(25)12-18/h2-7,12,15H,8-11,13-14H2,1H3,(H,26,30). The van der Waals surface area contributed by atoms with E-state index in [1.54, 1.807) is 29.5 Å². The molecule has 4 rings (SSSR count). The zero-order chi connectivity index (χ0) is 21.8.